The number of phenols is 1. The Kier molecular flexibility index (Phi) is 9.47. The van der Waals surface area contributed by atoms with Gasteiger partial charge in [-0.05, 0) is 63.4 Å². The first-order valence-corrected chi connectivity index (χ1v) is 16.1. The molecule has 242 valence electrons. The van der Waals surface area contributed by atoms with Crippen molar-refractivity contribution in [3.05, 3.63) is 166 Å². The molecule has 2 N–H and O–H groups in total. The van der Waals surface area contributed by atoms with Gasteiger partial charge in [0, 0.05) is 22.5 Å². The molecule has 1 aliphatic rings. The van der Waals surface area contributed by atoms with E-state index in [0.717, 1.165) is 27.8 Å². The second-order valence-corrected chi connectivity index (χ2v) is 13.0. The highest BCUT2D eigenvalue weighted by molar-refractivity contribution is 7.72. The van der Waals surface area contributed by atoms with E-state index in [0.29, 0.717) is 5.56 Å². The second-order valence-electron chi connectivity index (χ2n) is 12.0. The second kappa shape index (κ2) is 13.5. The SMILES string of the molecule is CC(C)(c1ccc([O-])cc1)c1ccc(C(C)(c2ccc([O-])cc2)c2ccc(O)cc2)cc1.[N-]=[N+]=C1C=Cc2c(cccc2[S-](=O)=[OH+])C1=O. The van der Waals surface area contributed by atoms with Gasteiger partial charge >= 0.3 is 5.71 Å². The quantitative estimate of drug-likeness (QED) is 0.0736. The van der Waals surface area contributed by atoms with Gasteiger partial charge in [-0.1, -0.05) is 117 Å². The largest absolute Gasteiger partial charge is 0.872 e. The van der Waals surface area contributed by atoms with Crippen LogP contribution in [0.5, 0.6) is 17.2 Å². The molecule has 0 spiro atoms. The molecule has 0 aliphatic heterocycles. The molecule has 1 aliphatic carbocycles. The Morgan fingerprint density at radius 3 is 1.60 bits per heavy atom. The Bertz CT molecular complexity index is 2070. The van der Waals surface area contributed by atoms with Crippen molar-refractivity contribution in [2.75, 3.05) is 0 Å². The van der Waals surface area contributed by atoms with Gasteiger partial charge in [0.05, 0.1) is 0 Å². The van der Waals surface area contributed by atoms with E-state index < -0.39 is 21.9 Å². The summed E-state index contributed by atoms with van der Waals surface area (Å²) in [5, 5.41) is 33.0. The fourth-order valence-electron chi connectivity index (χ4n) is 5.86. The molecule has 1 atom stereocenters. The lowest BCUT2D eigenvalue weighted by Crippen LogP contribution is -2.26. The number of carbonyl (C=O) groups excluding carboxylic acids is 1. The number of allylic oxidation sites excluding steroid dienone is 1. The van der Waals surface area contributed by atoms with Crippen LogP contribution in [0.4, 0.5) is 0 Å². The normalized spacial score (nSPS) is 13.6. The zero-order valence-electron chi connectivity index (χ0n) is 26.5. The summed E-state index contributed by atoms with van der Waals surface area (Å²) in [5.74, 6) is -0.267. The Morgan fingerprint density at radius 2 is 1.12 bits per heavy atom. The molecule has 9 heteroatoms. The van der Waals surface area contributed by atoms with Gasteiger partial charge in [0.1, 0.15) is 16.5 Å². The van der Waals surface area contributed by atoms with Gasteiger partial charge in [-0.25, -0.2) is 0 Å². The molecular weight excluding hydrogens is 625 g/mol. The fourth-order valence-corrected chi connectivity index (χ4v) is 6.42. The first-order chi connectivity index (χ1) is 22.9. The summed E-state index contributed by atoms with van der Waals surface area (Å²) in [6.45, 7) is 6.42. The standard InChI is InChI=1S/C29H28O3.C10H6N2O3S/c1-28(2,21-8-14-25(30)15-9-21)20-4-6-22(7-5-20)29(3,23-10-16-26(31)17-11-23)24-12-18-27(32)19-13-24;11-12-8-5-4-6-7(10(8)13)2-1-3-9(6)16(14)15/h4-19,30-32H,1-3H3;1-5,14H/p-2. The average Bonchev–Trinajstić information content (AvgIpc) is 3.09. The smallest absolute Gasteiger partial charge is 0.362 e. The molecule has 0 saturated carbocycles. The Balaban J connectivity index is 0.000000236. The third kappa shape index (κ3) is 6.55. The first kappa shape index (κ1) is 33.6. The third-order valence-electron chi connectivity index (χ3n) is 8.88. The lowest BCUT2D eigenvalue weighted by atomic mass is 9.70. The Hall–Kier alpha value is -5.76. The van der Waals surface area contributed by atoms with E-state index in [1.54, 1.807) is 36.4 Å². The molecule has 0 heterocycles. The van der Waals surface area contributed by atoms with Crippen LogP contribution in [0.15, 0.2) is 126 Å². The Morgan fingerprint density at radius 1 is 0.688 bits per heavy atom. The number of ketones is 1. The number of aromatic hydroxyl groups is 1. The van der Waals surface area contributed by atoms with Gasteiger partial charge in [0.25, 0.3) is 5.78 Å². The van der Waals surface area contributed by atoms with E-state index in [1.807, 2.05) is 36.4 Å². The summed E-state index contributed by atoms with van der Waals surface area (Å²) < 4.78 is 20.1. The fraction of sp³-hybridized carbons (Fsp3) is 0.128. The first-order valence-electron chi connectivity index (χ1n) is 15.0. The molecule has 48 heavy (non-hydrogen) atoms. The van der Waals surface area contributed by atoms with E-state index >= 15 is 0 Å². The number of Topliss-reactive ketones (excluding diaryl/α,β-unsaturated/α-hetero) is 1. The van der Waals surface area contributed by atoms with Crippen LogP contribution in [0.2, 0.25) is 0 Å². The zero-order chi connectivity index (χ0) is 34.6. The summed E-state index contributed by atoms with van der Waals surface area (Å²) in [4.78, 5) is 14.7. The minimum Gasteiger partial charge on any atom is -0.872 e. The summed E-state index contributed by atoms with van der Waals surface area (Å²) in [7, 11) is -2.15. The van der Waals surface area contributed by atoms with Crippen LogP contribution < -0.4 is 10.2 Å². The molecular formula is C39H32N2O6S-2. The van der Waals surface area contributed by atoms with Crippen molar-refractivity contribution in [2.45, 2.75) is 36.5 Å². The van der Waals surface area contributed by atoms with Gasteiger partial charge in [0.15, 0.2) is 0 Å². The molecule has 0 bridgehead atoms. The third-order valence-corrected chi connectivity index (χ3v) is 9.62. The van der Waals surface area contributed by atoms with Crippen molar-refractivity contribution in [3.63, 3.8) is 0 Å². The zero-order valence-corrected chi connectivity index (χ0v) is 27.3. The van der Waals surface area contributed by atoms with Gasteiger partial charge in [-0.3, -0.25) is 4.79 Å². The number of hydrogen-bond donors (Lipinski definition) is 1. The summed E-state index contributed by atoms with van der Waals surface area (Å²) >= 11 is 0. The van der Waals surface area contributed by atoms with Crippen LogP contribution in [-0.2, 0) is 25.7 Å². The molecule has 0 aromatic heterocycles. The molecule has 0 saturated heterocycles. The maximum absolute atomic E-state index is 11.7. The van der Waals surface area contributed by atoms with Gasteiger partial charge in [0.2, 0.25) is 0 Å². The Labute approximate surface area is 280 Å². The molecule has 5 aromatic rings. The van der Waals surface area contributed by atoms with Crippen molar-refractivity contribution in [1.82, 2.24) is 0 Å². The van der Waals surface area contributed by atoms with Crippen LogP contribution in [0.1, 0.15) is 64.5 Å². The molecule has 0 amide bonds. The summed E-state index contributed by atoms with van der Waals surface area (Å²) in [6.07, 6.45) is 2.79. The molecule has 0 fully saturated rings. The lowest BCUT2D eigenvalue weighted by molar-refractivity contribution is -0.269. The number of rotatable bonds is 6. The van der Waals surface area contributed by atoms with Crippen molar-refractivity contribution >= 4 is 28.3 Å². The number of hydrogen-bond acceptors (Lipinski definition) is 6. The van der Waals surface area contributed by atoms with Crippen molar-refractivity contribution in [1.29, 1.82) is 0 Å². The molecule has 5 aromatic carbocycles. The molecule has 6 rings (SSSR count). The van der Waals surface area contributed by atoms with Gasteiger partial charge in [-0.15, -0.1) is 11.5 Å². The number of benzene rings is 5. The van der Waals surface area contributed by atoms with Crippen LogP contribution in [-0.4, -0.2) is 25.6 Å². The van der Waals surface area contributed by atoms with Crippen molar-refractivity contribution in [2.24, 2.45) is 0 Å². The van der Waals surface area contributed by atoms with Crippen molar-refractivity contribution < 1.29 is 33.3 Å². The summed E-state index contributed by atoms with van der Waals surface area (Å²) in [6, 6.07) is 34.1. The highest BCUT2D eigenvalue weighted by Crippen LogP contribution is 2.41. The van der Waals surface area contributed by atoms with Crippen LogP contribution >= 0.6 is 0 Å². The predicted molar refractivity (Wildman–Crippen MR) is 181 cm³/mol. The van der Waals surface area contributed by atoms with Gasteiger partial charge in [-0.2, -0.15) is 4.79 Å². The van der Waals surface area contributed by atoms with E-state index in [9.17, 15) is 24.3 Å². The molecule has 8 nitrogen and oxygen atoms in total. The van der Waals surface area contributed by atoms with E-state index in [2.05, 4.69) is 49.8 Å². The predicted octanol–water partition coefficient (Wildman–Crippen LogP) is 6.40. The number of phenolic OH excluding ortho intramolecular Hbond substituents is 1. The minimum atomic E-state index is -2.15. The van der Waals surface area contributed by atoms with E-state index in [1.165, 1.54) is 30.4 Å². The maximum atomic E-state index is 11.7. The van der Waals surface area contributed by atoms with Crippen molar-refractivity contribution in [3.8, 4) is 17.2 Å². The molecule has 0 radical (unpaired) electrons. The number of fused-ring (bicyclic) bond motifs is 1. The van der Waals surface area contributed by atoms with E-state index in [-0.39, 0.29) is 38.8 Å². The monoisotopic (exact) mass is 656 g/mol. The van der Waals surface area contributed by atoms with Gasteiger partial charge < -0.3 is 29.3 Å². The minimum absolute atomic E-state index is 0.00802. The number of nitrogens with zero attached hydrogens (tertiary/aromatic N) is 2. The van der Waals surface area contributed by atoms with Crippen LogP contribution in [0.3, 0.4) is 0 Å². The number of carbonyl (C=O) groups is 1. The van der Waals surface area contributed by atoms with Crippen LogP contribution in [0.25, 0.3) is 11.6 Å². The molecule has 1 unspecified atom stereocenters. The average molecular weight is 657 g/mol. The maximum Gasteiger partial charge on any atom is 0.362 e. The summed E-state index contributed by atoms with van der Waals surface area (Å²) in [5.41, 5.74) is 13.7. The topological polar surface area (TPSA) is 158 Å². The highest BCUT2D eigenvalue weighted by atomic mass is 32.2. The van der Waals surface area contributed by atoms with Crippen LogP contribution in [0, 0.1) is 0 Å². The highest BCUT2D eigenvalue weighted by Gasteiger charge is 2.32. The lowest BCUT2D eigenvalue weighted by Gasteiger charge is -2.33. The van der Waals surface area contributed by atoms with E-state index in [4.69, 9.17) is 9.74 Å².